The summed E-state index contributed by atoms with van der Waals surface area (Å²) in [5.41, 5.74) is 0.438. The molecular weight excluding hydrogens is 241 g/mol. The largest absolute Gasteiger partial charge is 0.215 e. The Morgan fingerprint density at radius 2 is 2.00 bits per heavy atom. The van der Waals surface area contributed by atoms with Crippen LogP contribution in [0.4, 0.5) is 4.39 Å². The van der Waals surface area contributed by atoms with Crippen molar-refractivity contribution < 1.29 is 12.8 Å². The van der Waals surface area contributed by atoms with Crippen molar-refractivity contribution in [2.24, 2.45) is 0 Å². The number of hydrogen-bond acceptors (Lipinski definition) is 2. The third kappa shape index (κ3) is 5.28. The Morgan fingerprint density at radius 3 is 2.65 bits per heavy atom. The number of hydrogen-bond donors (Lipinski definition) is 1. The first-order valence-corrected chi connectivity index (χ1v) is 7.41. The summed E-state index contributed by atoms with van der Waals surface area (Å²) >= 11 is 0. The van der Waals surface area contributed by atoms with Crippen LogP contribution in [-0.2, 0) is 16.4 Å². The molecule has 1 aromatic rings. The standard InChI is InChI=1S/C12H18FNO2S/c1-2-3-9-14-17(15,16)10-8-11-6-4-5-7-12(11)13/h4-7,14H,2-3,8-10H2,1H3. The normalized spacial score (nSPS) is 11.6. The van der Waals surface area contributed by atoms with Gasteiger partial charge in [-0.25, -0.2) is 17.5 Å². The Bertz CT molecular complexity index is 446. The number of nitrogens with one attached hydrogen (secondary N) is 1. The Balaban J connectivity index is 2.47. The van der Waals surface area contributed by atoms with Gasteiger partial charge in [0.05, 0.1) is 5.75 Å². The summed E-state index contributed by atoms with van der Waals surface area (Å²) in [7, 11) is -3.29. The van der Waals surface area contributed by atoms with Gasteiger partial charge >= 0.3 is 0 Å². The van der Waals surface area contributed by atoms with Crippen LogP contribution in [-0.4, -0.2) is 20.7 Å². The molecule has 0 aliphatic rings. The molecule has 0 heterocycles. The molecular formula is C12H18FNO2S. The quantitative estimate of drug-likeness (QED) is 0.762. The van der Waals surface area contributed by atoms with Gasteiger partial charge in [0.15, 0.2) is 0 Å². The molecule has 0 aliphatic carbocycles. The fourth-order valence-electron chi connectivity index (χ4n) is 1.42. The van der Waals surface area contributed by atoms with Crippen molar-refractivity contribution in [2.45, 2.75) is 26.2 Å². The lowest BCUT2D eigenvalue weighted by Crippen LogP contribution is -2.28. The smallest absolute Gasteiger partial charge is 0.211 e. The zero-order valence-electron chi connectivity index (χ0n) is 9.95. The Kier molecular flexibility index (Phi) is 5.58. The van der Waals surface area contributed by atoms with E-state index >= 15 is 0 Å². The van der Waals surface area contributed by atoms with Crippen LogP contribution in [0.3, 0.4) is 0 Å². The van der Waals surface area contributed by atoms with E-state index in [1.54, 1.807) is 18.2 Å². The van der Waals surface area contributed by atoms with Crippen LogP contribution in [0.2, 0.25) is 0 Å². The first kappa shape index (κ1) is 14.1. The van der Waals surface area contributed by atoms with Gasteiger partial charge < -0.3 is 0 Å². The monoisotopic (exact) mass is 259 g/mol. The van der Waals surface area contributed by atoms with E-state index < -0.39 is 10.0 Å². The van der Waals surface area contributed by atoms with Gasteiger partial charge in [0.1, 0.15) is 5.82 Å². The molecule has 0 radical (unpaired) electrons. The Morgan fingerprint density at radius 1 is 1.29 bits per heavy atom. The second-order valence-corrected chi connectivity index (χ2v) is 5.83. The van der Waals surface area contributed by atoms with Gasteiger partial charge in [0, 0.05) is 6.54 Å². The van der Waals surface area contributed by atoms with Crippen LogP contribution in [0.1, 0.15) is 25.3 Å². The minimum Gasteiger partial charge on any atom is -0.215 e. The second-order valence-electron chi connectivity index (χ2n) is 3.91. The molecule has 0 spiro atoms. The number of benzene rings is 1. The first-order valence-electron chi connectivity index (χ1n) is 5.76. The molecule has 0 aromatic heterocycles. The third-order valence-corrected chi connectivity index (χ3v) is 3.84. The Hall–Kier alpha value is -0.940. The average Bonchev–Trinajstić information content (AvgIpc) is 2.28. The van der Waals surface area contributed by atoms with Crippen LogP contribution < -0.4 is 4.72 Å². The van der Waals surface area contributed by atoms with Gasteiger partial charge in [-0.15, -0.1) is 0 Å². The highest BCUT2D eigenvalue weighted by Crippen LogP contribution is 2.07. The maximum atomic E-state index is 13.3. The van der Waals surface area contributed by atoms with E-state index in [0.29, 0.717) is 12.1 Å². The van der Waals surface area contributed by atoms with Gasteiger partial charge in [-0.1, -0.05) is 31.5 Å². The number of halogens is 1. The highest BCUT2D eigenvalue weighted by Gasteiger charge is 2.11. The van der Waals surface area contributed by atoms with E-state index in [1.165, 1.54) is 6.07 Å². The number of aryl methyl sites for hydroxylation is 1. The highest BCUT2D eigenvalue weighted by atomic mass is 32.2. The van der Waals surface area contributed by atoms with Crippen LogP contribution in [0.5, 0.6) is 0 Å². The van der Waals surface area contributed by atoms with Crippen LogP contribution >= 0.6 is 0 Å². The maximum Gasteiger partial charge on any atom is 0.211 e. The molecule has 0 unspecified atom stereocenters. The van der Waals surface area contributed by atoms with Crippen LogP contribution in [0.25, 0.3) is 0 Å². The molecule has 0 saturated carbocycles. The molecule has 1 aromatic carbocycles. The molecule has 0 bridgehead atoms. The molecule has 17 heavy (non-hydrogen) atoms. The molecule has 0 aliphatic heterocycles. The summed E-state index contributed by atoms with van der Waals surface area (Å²) in [5.74, 6) is -0.422. The van der Waals surface area contributed by atoms with Gasteiger partial charge in [-0.05, 0) is 24.5 Å². The van der Waals surface area contributed by atoms with Crippen molar-refractivity contribution in [1.29, 1.82) is 0 Å². The van der Waals surface area contributed by atoms with Crippen molar-refractivity contribution in [3.05, 3.63) is 35.6 Å². The minimum atomic E-state index is -3.29. The molecule has 0 saturated heterocycles. The summed E-state index contributed by atoms with van der Waals surface area (Å²) in [6.45, 7) is 2.45. The lowest BCUT2D eigenvalue weighted by Gasteiger charge is -2.06. The van der Waals surface area contributed by atoms with Crippen molar-refractivity contribution in [1.82, 2.24) is 4.72 Å². The number of rotatable bonds is 7. The van der Waals surface area contributed by atoms with Gasteiger partial charge in [-0.2, -0.15) is 0 Å². The molecule has 0 amide bonds. The molecule has 3 nitrogen and oxygen atoms in total. The van der Waals surface area contributed by atoms with Gasteiger partial charge in [0.2, 0.25) is 10.0 Å². The summed E-state index contributed by atoms with van der Waals surface area (Å²) in [5, 5.41) is 0. The van der Waals surface area contributed by atoms with E-state index in [-0.39, 0.29) is 18.0 Å². The van der Waals surface area contributed by atoms with Crippen molar-refractivity contribution >= 4 is 10.0 Å². The Labute approximate surface area is 102 Å². The molecule has 96 valence electrons. The first-order chi connectivity index (χ1) is 8.05. The van der Waals surface area contributed by atoms with E-state index in [4.69, 9.17) is 0 Å². The summed E-state index contributed by atoms with van der Waals surface area (Å²) < 4.78 is 38.9. The van der Waals surface area contributed by atoms with Crippen molar-refractivity contribution in [3.63, 3.8) is 0 Å². The minimum absolute atomic E-state index is 0.0718. The van der Waals surface area contributed by atoms with E-state index in [2.05, 4.69) is 4.72 Å². The fourth-order valence-corrected chi connectivity index (χ4v) is 2.51. The average molecular weight is 259 g/mol. The molecule has 5 heteroatoms. The summed E-state index contributed by atoms with van der Waals surface area (Å²) in [4.78, 5) is 0. The topological polar surface area (TPSA) is 46.2 Å². The maximum absolute atomic E-state index is 13.3. The van der Waals surface area contributed by atoms with E-state index in [1.807, 2.05) is 6.92 Å². The van der Waals surface area contributed by atoms with Crippen LogP contribution in [0.15, 0.2) is 24.3 Å². The van der Waals surface area contributed by atoms with E-state index in [0.717, 1.165) is 12.8 Å². The van der Waals surface area contributed by atoms with Gasteiger partial charge in [0.25, 0.3) is 0 Å². The van der Waals surface area contributed by atoms with Crippen LogP contribution in [0, 0.1) is 5.82 Å². The molecule has 1 rings (SSSR count). The molecule has 0 atom stereocenters. The lowest BCUT2D eigenvalue weighted by molar-refractivity contribution is 0.575. The highest BCUT2D eigenvalue weighted by molar-refractivity contribution is 7.89. The molecule has 1 N–H and O–H groups in total. The van der Waals surface area contributed by atoms with Crippen molar-refractivity contribution in [3.8, 4) is 0 Å². The predicted octanol–water partition coefficient (Wildman–Crippen LogP) is 2.09. The zero-order valence-corrected chi connectivity index (χ0v) is 10.8. The number of sulfonamides is 1. The zero-order chi connectivity index (χ0) is 12.7. The second kappa shape index (κ2) is 6.71. The SMILES string of the molecule is CCCCNS(=O)(=O)CCc1ccccc1F. The predicted molar refractivity (Wildman–Crippen MR) is 66.8 cm³/mol. The van der Waals surface area contributed by atoms with Crippen molar-refractivity contribution in [2.75, 3.05) is 12.3 Å². The summed E-state index contributed by atoms with van der Waals surface area (Å²) in [6.07, 6.45) is 1.96. The van der Waals surface area contributed by atoms with E-state index in [9.17, 15) is 12.8 Å². The molecule has 0 fully saturated rings. The third-order valence-electron chi connectivity index (χ3n) is 2.45. The lowest BCUT2D eigenvalue weighted by atomic mass is 10.2. The van der Waals surface area contributed by atoms with Gasteiger partial charge in [-0.3, -0.25) is 0 Å². The summed E-state index contributed by atoms with van der Waals surface area (Å²) in [6, 6.07) is 6.24. The fraction of sp³-hybridized carbons (Fsp3) is 0.500. The number of unbranched alkanes of at least 4 members (excludes halogenated alkanes) is 1.